The Kier molecular flexibility index (Phi) is 4.38. The molecule has 0 amide bonds. The van der Waals surface area contributed by atoms with Crippen molar-refractivity contribution in [3.8, 4) is 0 Å². The third-order valence-corrected chi connectivity index (χ3v) is 2.87. The quantitative estimate of drug-likeness (QED) is 0.478. The third-order valence-electron chi connectivity index (χ3n) is 2.05. The van der Waals surface area contributed by atoms with Crippen molar-refractivity contribution in [2.24, 2.45) is 0 Å². The average molecular weight is 338 g/mol. The van der Waals surface area contributed by atoms with Gasteiger partial charge in [-0.3, -0.25) is 0 Å². The van der Waals surface area contributed by atoms with E-state index in [9.17, 15) is 39.3 Å². The van der Waals surface area contributed by atoms with Gasteiger partial charge in [0.15, 0.2) is 11.1 Å². The summed E-state index contributed by atoms with van der Waals surface area (Å²) in [6.07, 6.45) is -11.9. The Balaban J connectivity index is 3.21. The number of hydrogen-bond donors (Lipinski definition) is 1. The molecule has 0 aromatic carbocycles. The molecule has 1 rings (SSSR count). The van der Waals surface area contributed by atoms with Gasteiger partial charge in [0.1, 0.15) is 5.88 Å². The summed E-state index contributed by atoms with van der Waals surface area (Å²) in [5.41, 5.74) is 1.63. The second kappa shape index (κ2) is 5.01. The molecular formula is C6H6F8N2O3S. The fourth-order valence-corrected chi connectivity index (χ4v) is 1.93. The Morgan fingerprint density at radius 3 is 1.80 bits per heavy atom. The minimum atomic E-state index is -5.93. The van der Waals surface area contributed by atoms with Crippen LogP contribution in [-0.2, 0) is 20.1 Å². The Labute approximate surface area is 108 Å². The molecule has 0 bridgehead atoms. The Morgan fingerprint density at radius 2 is 1.45 bits per heavy atom. The molecule has 0 spiro atoms. The molecule has 5 nitrogen and oxygen atoms in total. The van der Waals surface area contributed by atoms with E-state index in [1.165, 1.54) is 0 Å². The Morgan fingerprint density at radius 1 is 1.05 bits per heavy atom. The number of nitrogens with one attached hydrogen (secondary N) is 1. The highest BCUT2D eigenvalue weighted by atomic mass is 32.2. The second-order valence-corrected chi connectivity index (χ2v) is 4.40. The van der Waals surface area contributed by atoms with E-state index in [1.807, 2.05) is 0 Å². The predicted molar refractivity (Wildman–Crippen MR) is 45.9 cm³/mol. The van der Waals surface area contributed by atoms with Crippen molar-refractivity contribution >= 4 is 11.1 Å². The number of halogens is 8. The maximum absolute atomic E-state index is 13.1. The summed E-state index contributed by atoms with van der Waals surface area (Å²) >= 11 is -3.04. The van der Waals surface area contributed by atoms with Gasteiger partial charge in [0, 0.05) is 7.05 Å². The van der Waals surface area contributed by atoms with Gasteiger partial charge >= 0.3 is 24.3 Å². The average Bonchev–Trinajstić information content (AvgIpc) is 2.22. The van der Waals surface area contributed by atoms with Crippen LogP contribution < -0.4 is 5.48 Å². The van der Waals surface area contributed by atoms with E-state index >= 15 is 0 Å². The molecular weight excluding hydrogens is 332 g/mol. The zero-order valence-corrected chi connectivity index (χ0v) is 10.1. The summed E-state index contributed by atoms with van der Waals surface area (Å²) in [5.74, 6) is -2.13. The molecule has 0 radical (unpaired) electrons. The molecule has 1 aliphatic heterocycles. The van der Waals surface area contributed by atoms with E-state index in [4.69, 9.17) is 0 Å². The maximum Gasteiger partial charge on any atom is 0.439 e. The molecule has 120 valence electrons. The fraction of sp³-hybridized carbons (Fsp3) is 1.00. The van der Waals surface area contributed by atoms with E-state index in [-0.39, 0.29) is 0 Å². The lowest BCUT2D eigenvalue weighted by Gasteiger charge is -2.46. The summed E-state index contributed by atoms with van der Waals surface area (Å²) in [4.78, 5) is -1.93. The molecule has 0 aliphatic carbocycles. The first-order valence-electron chi connectivity index (χ1n) is 4.51. The summed E-state index contributed by atoms with van der Waals surface area (Å²) in [6, 6.07) is -11.7. The molecule has 14 heteroatoms. The van der Waals surface area contributed by atoms with Crippen LogP contribution in [0.1, 0.15) is 0 Å². The van der Waals surface area contributed by atoms with E-state index in [0.717, 1.165) is 7.05 Å². The van der Waals surface area contributed by atoms with Crippen molar-refractivity contribution < 1.29 is 48.4 Å². The van der Waals surface area contributed by atoms with Gasteiger partial charge < -0.3 is 0 Å². The fourth-order valence-electron chi connectivity index (χ4n) is 1.16. The maximum atomic E-state index is 13.1. The van der Waals surface area contributed by atoms with E-state index < -0.39 is 46.2 Å². The van der Waals surface area contributed by atoms with Gasteiger partial charge in [0.25, 0.3) is 0 Å². The minimum absolute atomic E-state index is 0.941. The summed E-state index contributed by atoms with van der Waals surface area (Å²) in [5, 5.41) is 0. The second-order valence-electron chi connectivity index (χ2n) is 3.37. The van der Waals surface area contributed by atoms with Crippen LogP contribution in [0.25, 0.3) is 0 Å². The molecule has 1 unspecified atom stereocenters. The molecule has 1 atom stereocenters. The van der Waals surface area contributed by atoms with Gasteiger partial charge in [-0.2, -0.15) is 45.5 Å². The predicted octanol–water partition coefficient (Wildman–Crippen LogP) is 1.46. The third kappa shape index (κ3) is 2.61. The van der Waals surface area contributed by atoms with Gasteiger partial charge in [-0.1, -0.05) is 0 Å². The van der Waals surface area contributed by atoms with Crippen molar-refractivity contribution in [3.05, 3.63) is 0 Å². The van der Waals surface area contributed by atoms with Gasteiger partial charge in [-0.25, -0.2) is 13.2 Å². The smallest absolute Gasteiger partial charge is 0.243 e. The topological polar surface area (TPSA) is 50.8 Å². The highest BCUT2D eigenvalue weighted by molar-refractivity contribution is 7.80. The monoisotopic (exact) mass is 338 g/mol. The lowest BCUT2D eigenvalue weighted by Crippen LogP contribution is -2.74. The van der Waals surface area contributed by atoms with E-state index in [1.54, 1.807) is 5.48 Å². The molecule has 20 heavy (non-hydrogen) atoms. The van der Waals surface area contributed by atoms with Crippen LogP contribution in [0.3, 0.4) is 0 Å². The molecule has 1 aliphatic rings. The minimum Gasteiger partial charge on any atom is -0.243 e. The first-order chi connectivity index (χ1) is 8.79. The van der Waals surface area contributed by atoms with Crippen molar-refractivity contribution in [2.75, 3.05) is 12.9 Å². The normalized spacial score (nSPS) is 29.1. The number of hydrogen-bond acceptors (Lipinski definition) is 5. The van der Waals surface area contributed by atoms with Crippen LogP contribution >= 0.6 is 0 Å². The van der Waals surface area contributed by atoms with Gasteiger partial charge in [-0.05, 0) is 0 Å². The van der Waals surface area contributed by atoms with E-state index in [2.05, 4.69) is 9.02 Å². The van der Waals surface area contributed by atoms with Crippen molar-refractivity contribution in [1.29, 1.82) is 0 Å². The zero-order valence-electron chi connectivity index (χ0n) is 9.31. The van der Waals surface area contributed by atoms with Crippen molar-refractivity contribution in [2.45, 2.75) is 24.3 Å². The van der Waals surface area contributed by atoms with Crippen LogP contribution in [0.4, 0.5) is 35.1 Å². The number of alkyl halides is 8. The van der Waals surface area contributed by atoms with Crippen LogP contribution in [0.5, 0.6) is 0 Å². The Bertz CT molecular complexity index is 380. The summed E-state index contributed by atoms with van der Waals surface area (Å²) in [6.45, 7) is 0. The molecule has 0 aromatic heterocycles. The lowest BCUT2D eigenvalue weighted by atomic mass is 10.3. The molecule has 1 fully saturated rings. The molecule has 1 saturated heterocycles. The first-order valence-corrected chi connectivity index (χ1v) is 5.75. The standard InChI is InChI=1S/C6H6F8N2O3S/c1-15-19-20(17)2-16-3(7,8)5(11,12)18-6(13,14)4(16,9)10/h15H,2H2,1H3. The summed E-state index contributed by atoms with van der Waals surface area (Å²) < 4.78 is 120. The van der Waals surface area contributed by atoms with Crippen molar-refractivity contribution in [3.63, 3.8) is 0 Å². The van der Waals surface area contributed by atoms with Gasteiger partial charge in [0.05, 0.1) is 0 Å². The summed E-state index contributed by atoms with van der Waals surface area (Å²) in [7, 11) is 0.941. The number of hydroxylamine groups is 1. The highest BCUT2D eigenvalue weighted by Gasteiger charge is 2.82. The first kappa shape index (κ1) is 17.5. The van der Waals surface area contributed by atoms with Crippen LogP contribution in [-0.4, -0.2) is 46.3 Å². The number of rotatable bonds is 4. The Hall–Kier alpha value is -0.570. The SMILES string of the molecule is CNOS(=O)CN1C(F)(F)C(F)(F)OC(F)(F)C1(F)F. The molecule has 1 N–H and O–H groups in total. The lowest BCUT2D eigenvalue weighted by molar-refractivity contribution is -0.560. The largest absolute Gasteiger partial charge is 0.439 e. The van der Waals surface area contributed by atoms with E-state index in [0.29, 0.717) is 0 Å². The molecule has 1 heterocycles. The van der Waals surface area contributed by atoms with Crippen LogP contribution in [0.15, 0.2) is 0 Å². The van der Waals surface area contributed by atoms with Crippen LogP contribution in [0.2, 0.25) is 0 Å². The van der Waals surface area contributed by atoms with Gasteiger partial charge in [0.2, 0.25) is 0 Å². The zero-order chi connectivity index (χ0) is 16.0. The van der Waals surface area contributed by atoms with Crippen LogP contribution in [0, 0.1) is 0 Å². The molecule has 0 saturated carbocycles. The highest BCUT2D eigenvalue weighted by Crippen LogP contribution is 2.55. The van der Waals surface area contributed by atoms with Gasteiger partial charge in [-0.15, -0.1) is 0 Å². The number of morpholine rings is 1. The molecule has 0 aromatic rings. The van der Waals surface area contributed by atoms with Crippen molar-refractivity contribution in [1.82, 2.24) is 10.4 Å². The number of nitrogens with zero attached hydrogens (tertiary/aromatic N) is 1. The number of ether oxygens (including phenoxy) is 1.